The molecule has 0 atom stereocenters. The van der Waals surface area contributed by atoms with Crippen LogP contribution in [0.3, 0.4) is 0 Å². The van der Waals surface area contributed by atoms with Gasteiger partial charge in [0, 0.05) is 0 Å². The molecule has 0 spiro atoms. The minimum absolute atomic E-state index is 0.248. The first kappa shape index (κ1) is 14.5. The van der Waals surface area contributed by atoms with Crippen molar-refractivity contribution >= 4 is 11.9 Å². The van der Waals surface area contributed by atoms with Crippen LogP contribution in [-0.2, 0) is 19.1 Å². The van der Waals surface area contributed by atoms with Crippen molar-refractivity contribution in [2.75, 3.05) is 13.2 Å². The zero-order valence-corrected chi connectivity index (χ0v) is 11.2. The van der Waals surface area contributed by atoms with Crippen molar-refractivity contribution in [3.05, 3.63) is 23.8 Å². The standard InChI is InChI=1S/C14H20O4/c1-5-11-9-14(8-10(11)4,12(15)17-6-2)13(16)18-7-3/h5H,4,6-9H2,1-3H3/b11-5-. The van der Waals surface area contributed by atoms with Crippen LogP contribution in [0.5, 0.6) is 0 Å². The van der Waals surface area contributed by atoms with E-state index in [0.29, 0.717) is 6.42 Å². The second-order valence-corrected chi connectivity index (χ2v) is 4.29. The normalized spacial score (nSPS) is 19.9. The number of hydrogen-bond donors (Lipinski definition) is 0. The number of carbonyl (C=O) groups excluding carboxylic acids is 2. The van der Waals surface area contributed by atoms with Crippen LogP contribution in [0.2, 0.25) is 0 Å². The van der Waals surface area contributed by atoms with E-state index in [4.69, 9.17) is 9.47 Å². The molecule has 18 heavy (non-hydrogen) atoms. The summed E-state index contributed by atoms with van der Waals surface area (Å²) in [6.45, 7) is 9.70. The third-order valence-corrected chi connectivity index (χ3v) is 3.14. The van der Waals surface area contributed by atoms with Crippen molar-refractivity contribution in [3.63, 3.8) is 0 Å². The SMILES string of the molecule is C=C1CC(C(=O)OCC)(C(=O)OCC)C/C1=C/C. The van der Waals surface area contributed by atoms with Crippen LogP contribution in [0.4, 0.5) is 0 Å². The molecule has 0 unspecified atom stereocenters. The van der Waals surface area contributed by atoms with Crippen LogP contribution in [0, 0.1) is 5.41 Å². The second-order valence-electron chi connectivity index (χ2n) is 4.29. The van der Waals surface area contributed by atoms with Crippen LogP contribution in [0.25, 0.3) is 0 Å². The van der Waals surface area contributed by atoms with Gasteiger partial charge in [0.25, 0.3) is 0 Å². The number of carbonyl (C=O) groups is 2. The molecule has 100 valence electrons. The Morgan fingerprint density at radius 3 is 2.06 bits per heavy atom. The van der Waals surface area contributed by atoms with Crippen molar-refractivity contribution in [2.24, 2.45) is 5.41 Å². The van der Waals surface area contributed by atoms with Crippen LogP contribution >= 0.6 is 0 Å². The molecule has 1 aliphatic carbocycles. The molecule has 1 saturated carbocycles. The van der Waals surface area contributed by atoms with Gasteiger partial charge in [-0.15, -0.1) is 0 Å². The van der Waals surface area contributed by atoms with Crippen molar-refractivity contribution in [2.45, 2.75) is 33.6 Å². The fraction of sp³-hybridized carbons (Fsp3) is 0.571. The van der Waals surface area contributed by atoms with Gasteiger partial charge in [-0.3, -0.25) is 9.59 Å². The fourth-order valence-electron chi connectivity index (χ4n) is 2.21. The molecule has 0 aliphatic heterocycles. The summed E-state index contributed by atoms with van der Waals surface area (Å²) >= 11 is 0. The Bertz CT molecular complexity index is 375. The van der Waals surface area contributed by atoms with Gasteiger partial charge in [0.15, 0.2) is 5.41 Å². The average molecular weight is 252 g/mol. The number of esters is 2. The van der Waals surface area contributed by atoms with Gasteiger partial charge in [0.05, 0.1) is 13.2 Å². The molecule has 1 rings (SSSR count). The summed E-state index contributed by atoms with van der Waals surface area (Å²) in [5.41, 5.74) is 0.500. The topological polar surface area (TPSA) is 52.6 Å². The number of ether oxygens (including phenoxy) is 2. The molecule has 0 aromatic carbocycles. The van der Waals surface area contributed by atoms with Crippen LogP contribution in [-0.4, -0.2) is 25.2 Å². The fourth-order valence-corrected chi connectivity index (χ4v) is 2.21. The number of allylic oxidation sites excluding steroid dienone is 3. The highest BCUT2D eigenvalue weighted by molar-refractivity contribution is 6.02. The van der Waals surface area contributed by atoms with Gasteiger partial charge in [-0.2, -0.15) is 0 Å². The summed E-state index contributed by atoms with van der Waals surface area (Å²) in [6, 6.07) is 0. The quantitative estimate of drug-likeness (QED) is 0.569. The summed E-state index contributed by atoms with van der Waals surface area (Å²) in [7, 11) is 0. The monoisotopic (exact) mass is 252 g/mol. The van der Waals surface area contributed by atoms with Crippen molar-refractivity contribution < 1.29 is 19.1 Å². The third kappa shape index (κ3) is 2.47. The highest BCUT2D eigenvalue weighted by Gasteiger charge is 2.53. The summed E-state index contributed by atoms with van der Waals surface area (Å²) in [5, 5.41) is 0. The lowest BCUT2D eigenvalue weighted by Crippen LogP contribution is -2.39. The van der Waals surface area contributed by atoms with Crippen molar-refractivity contribution in [1.29, 1.82) is 0 Å². The van der Waals surface area contributed by atoms with Gasteiger partial charge in [-0.1, -0.05) is 18.2 Å². The molecule has 4 heteroatoms. The Balaban J connectivity index is 3.08. The Morgan fingerprint density at radius 2 is 1.72 bits per heavy atom. The lowest BCUT2D eigenvalue weighted by molar-refractivity contribution is -0.171. The molecule has 0 radical (unpaired) electrons. The van der Waals surface area contributed by atoms with E-state index in [-0.39, 0.29) is 19.6 Å². The van der Waals surface area contributed by atoms with Gasteiger partial charge in [-0.25, -0.2) is 0 Å². The van der Waals surface area contributed by atoms with E-state index in [2.05, 4.69) is 6.58 Å². The van der Waals surface area contributed by atoms with E-state index < -0.39 is 17.4 Å². The largest absolute Gasteiger partial charge is 0.465 e. The molecule has 1 fully saturated rings. The smallest absolute Gasteiger partial charge is 0.324 e. The molecule has 0 saturated heterocycles. The highest BCUT2D eigenvalue weighted by atomic mass is 16.6. The van der Waals surface area contributed by atoms with Gasteiger partial charge in [0.2, 0.25) is 0 Å². The first-order valence-corrected chi connectivity index (χ1v) is 6.19. The number of hydrogen-bond acceptors (Lipinski definition) is 4. The molecule has 0 heterocycles. The Morgan fingerprint density at radius 1 is 1.22 bits per heavy atom. The van der Waals surface area contributed by atoms with Crippen LogP contribution in [0.15, 0.2) is 23.8 Å². The van der Waals surface area contributed by atoms with Crippen molar-refractivity contribution in [3.8, 4) is 0 Å². The Labute approximate surface area is 108 Å². The maximum Gasteiger partial charge on any atom is 0.324 e. The van der Waals surface area contributed by atoms with E-state index in [1.807, 2.05) is 13.0 Å². The van der Waals surface area contributed by atoms with E-state index in [9.17, 15) is 9.59 Å². The molecule has 1 aliphatic rings. The van der Waals surface area contributed by atoms with Crippen LogP contribution in [0.1, 0.15) is 33.6 Å². The third-order valence-electron chi connectivity index (χ3n) is 3.14. The van der Waals surface area contributed by atoms with E-state index in [1.165, 1.54) is 0 Å². The highest BCUT2D eigenvalue weighted by Crippen LogP contribution is 2.46. The van der Waals surface area contributed by atoms with Gasteiger partial charge < -0.3 is 9.47 Å². The lowest BCUT2D eigenvalue weighted by atomic mass is 9.85. The zero-order valence-electron chi connectivity index (χ0n) is 11.2. The maximum atomic E-state index is 12.1. The van der Waals surface area contributed by atoms with Gasteiger partial charge >= 0.3 is 11.9 Å². The predicted octanol–water partition coefficient (Wildman–Crippen LogP) is 2.40. The maximum absolute atomic E-state index is 12.1. The molecule has 4 nitrogen and oxygen atoms in total. The Hall–Kier alpha value is -1.58. The first-order chi connectivity index (χ1) is 8.51. The molecular formula is C14H20O4. The number of rotatable bonds is 4. The van der Waals surface area contributed by atoms with Crippen LogP contribution < -0.4 is 0 Å². The zero-order chi connectivity index (χ0) is 13.8. The minimum Gasteiger partial charge on any atom is -0.465 e. The molecule has 0 N–H and O–H groups in total. The minimum atomic E-state index is -1.23. The second kappa shape index (κ2) is 5.85. The molecule has 0 amide bonds. The van der Waals surface area contributed by atoms with E-state index in [0.717, 1.165) is 11.1 Å². The average Bonchev–Trinajstić information content (AvgIpc) is 2.68. The van der Waals surface area contributed by atoms with E-state index in [1.54, 1.807) is 13.8 Å². The molecular weight excluding hydrogens is 232 g/mol. The van der Waals surface area contributed by atoms with E-state index >= 15 is 0 Å². The molecule has 0 aromatic heterocycles. The summed E-state index contributed by atoms with van der Waals surface area (Å²) in [6.07, 6.45) is 2.48. The van der Waals surface area contributed by atoms with Gasteiger partial charge in [-0.05, 0) is 39.2 Å². The summed E-state index contributed by atoms with van der Waals surface area (Å²) < 4.78 is 10.1. The predicted molar refractivity (Wildman–Crippen MR) is 67.8 cm³/mol. The molecule has 0 aromatic rings. The lowest BCUT2D eigenvalue weighted by Gasteiger charge is -2.23. The summed E-state index contributed by atoms with van der Waals surface area (Å²) in [4.78, 5) is 24.2. The van der Waals surface area contributed by atoms with Crippen molar-refractivity contribution in [1.82, 2.24) is 0 Å². The Kier molecular flexibility index (Phi) is 4.70. The molecule has 0 bridgehead atoms. The summed E-state index contributed by atoms with van der Waals surface area (Å²) in [5.74, 6) is -1.03. The van der Waals surface area contributed by atoms with Gasteiger partial charge in [0.1, 0.15) is 0 Å². The first-order valence-electron chi connectivity index (χ1n) is 6.19.